The number of benzene rings is 1. The number of hydrogen-bond acceptors (Lipinski definition) is 4. The molecule has 5 nitrogen and oxygen atoms in total. The molecule has 0 spiro atoms. The highest BCUT2D eigenvalue weighted by molar-refractivity contribution is 6.39. The Morgan fingerprint density at radius 1 is 0.870 bits per heavy atom. The van der Waals surface area contributed by atoms with Crippen molar-refractivity contribution in [3.8, 4) is 11.4 Å². The van der Waals surface area contributed by atoms with E-state index in [1.807, 2.05) is 18.2 Å². The first-order valence-electron chi connectivity index (χ1n) is 7.66. The smallest absolute Gasteiger partial charge is 0.188 e. The van der Waals surface area contributed by atoms with Gasteiger partial charge in [0.1, 0.15) is 5.82 Å². The van der Waals surface area contributed by atoms with Gasteiger partial charge in [-0.3, -0.25) is 0 Å². The molecule has 1 aromatic carbocycles. The molecule has 0 atom stereocenters. The zero-order valence-corrected chi connectivity index (χ0v) is 13.9. The van der Waals surface area contributed by atoms with Gasteiger partial charge < -0.3 is 4.90 Å². The number of rotatable bonds is 2. The van der Waals surface area contributed by atoms with Crippen molar-refractivity contribution in [1.29, 1.82) is 0 Å². The Hall–Kier alpha value is -1.85. The number of piperidine rings is 1. The van der Waals surface area contributed by atoms with Crippen LogP contribution in [0, 0.1) is 0 Å². The van der Waals surface area contributed by atoms with Gasteiger partial charge in [-0.1, -0.05) is 29.3 Å². The lowest BCUT2D eigenvalue weighted by Gasteiger charge is -2.27. The van der Waals surface area contributed by atoms with Crippen molar-refractivity contribution in [1.82, 2.24) is 19.8 Å². The Bertz CT molecular complexity index is 835. The van der Waals surface area contributed by atoms with Crippen LogP contribution < -0.4 is 4.90 Å². The second-order valence-electron chi connectivity index (χ2n) is 5.63. The predicted molar refractivity (Wildman–Crippen MR) is 92.3 cm³/mol. The minimum atomic E-state index is 0.539. The van der Waals surface area contributed by atoms with Crippen LogP contribution in [0.4, 0.5) is 5.82 Å². The van der Waals surface area contributed by atoms with E-state index in [1.165, 1.54) is 19.3 Å². The molecule has 0 saturated carbocycles. The summed E-state index contributed by atoms with van der Waals surface area (Å²) in [5.74, 6) is 1.50. The van der Waals surface area contributed by atoms with E-state index in [2.05, 4.69) is 15.1 Å². The maximum atomic E-state index is 6.31. The maximum Gasteiger partial charge on any atom is 0.188 e. The second kappa shape index (κ2) is 5.98. The molecule has 118 valence electrons. The lowest BCUT2D eigenvalue weighted by Crippen LogP contribution is -2.30. The SMILES string of the molecule is Clc1cccc(Cl)c1-c1nnc2ccc(N3CCCCC3)nn12. The fraction of sp³-hybridized carbons (Fsp3) is 0.312. The predicted octanol–water partition coefficient (Wildman–Crippen LogP) is 4.09. The average Bonchev–Trinajstić information content (AvgIpc) is 2.99. The number of nitrogens with zero attached hydrogens (tertiary/aromatic N) is 5. The average molecular weight is 348 g/mol. The van der Waals surface area contributed by atoms with Gasteiger partial charge >= 0.3 is 0 Å². The molecular weight excluding hydrogens is 333 g/mol. The number of hydrogen-bond donors (Lipinski definition) is 0. The monoisotopic (exact) mass is 347 g/mol. The van der Waals surface area contributed by atoms with Gasteiger partial charge in [-0.2, -0.15) is 4.52 Å². The molecule has 7 heteroatoms. The molecule has 0 unspecified atom stereocenters. The summed E-state index contributed by atoms with van der Waals surface area (Å²) in [6, 6.07) is 9.31. The van der Waals surface area contributed by atoms with Crippen molar-refractivity contribution in [2.75, 3.05) is 18.0 Å². The summed E-state index contributed by atoms with van der Waals surface area (Å²) in [5.41, 5.74) is 1.34. The van der Waals surface area contributed by atoms with Gasteiger partial charge in [0.2, 0.25) is 0 Å². The van der Waals surface area contributed by atoms with Gasteiger partial charge in [-0.15, -0.1) is 15.3 Å². The molecule has 1 aliphatic heterocycles. The summed E-state index contributed by atoms with van der Waals surface area (Å²) in [7, 11) is 0. The second-order valence-corrected chi connectivity index (χ2v) is 6.44. The minimum Gasteiger partial charge on any atom is -0.355 e. The highest BCUT2D eigenvalue weighted by Gasteiger charge is 2.18. The van der Waals surface area contributed by atoms with Crippen molar-refractivity contribution in [3.63, 3.8) is 0 Å². The molecule has 0 bridgehead atoms. The van der Waals surface area contributed by atoms with E-state index in [0.717, 1.165) is 18.9 Å². The van der Waals surface area contributed by atoms with Crippen LogP contribution in [0.1, 0.15) is 19.3 Å². The summed E-state index contributed by atoms with van der Waals surface area (Å²) in [6.07, 6.45) is 3.68. The zero-order chi connectivity index (χ0) is 15.8. The van der Waals surface area contributed by atoms with E-state index >= 15 is 0 Å². The van der Waals surface area contributed by atoms with Crippen LogP contribution in [0.2, 0.25) is 10.0 Å². The van der Waals surface area contributed by atoms with E-state index in [1.54, 1.807) is 16.6 Å². The maximum absolute atomic E-state index is 6.31. The summed E-state index contributed by atoms with van der Waals surface area (Å²) in [6.45, 7) is 2.06. The first-order chi connectivity index (χ1) is 11.2. The van der Waals surface area contributed by atoms with E-state index in [0.29, 0.717) is 27.1 Å². The molecule has 1 saturated heterocycles. The van der Waals surface area contributed by atoms with Crippen LogP contribution in [0.5, 0.6) is 0 Å². The fourth-order valence-electron chi connectivity index (χ4n) is 2.94. The molecule has 1 fully saturated rings. The zero-order valence-electron chi connectivity index (χ0n) is 12.4. The van der Waals surface area contributed by atoms with Crippen LogP contribution in [-0.4, -0.2) is 32.9 Å². The summed E-state index contributed by atoms with van der Waals surface area (Å²) >= 11 is 12.6. The first kappa shape index (κ1) is 14.7. The molecular formula is C16H15Cl2N5. The molecule has 0 radical (unpaired) electrons. The number of halogens is 2. The van der Waals surface area contributed by atoms with E-state index in [4.69, 9.17) is 28.3 Å². The molecule has 0 N–H and O–H groups in total. The molecule has 0 aliphatic carbocycles. The van der Waals surface area contributed by atoms with Gasteiger partial charge in [0.25, 0.3) is 0 Å². The molecule has 2 aromatic heterocycles. The standard InChI is InChI=1S/C16H15Cl2N5/c17-11-5-4-6-12(18)15(11)16-20-19-13-7-8-14(21-23(13)16)22-9-2-1-3-10-22/h4-8H,1-3,9-10H2. The van der Waals surface area contributed by atoms with E-state index in [-0.39, 0.29) is 0 Å². The Kier molecular flexibility index (Phi) is 3.83. The van der Waals surface area contributed by atoms with Gasteiger partial charge in [0.05, 0.1) is 15.6 Å². The van der Waals surface area contributed by atoms with E-state index in [9.17, 15) is 0 Å². The summed E-state index contributed by atoms with van der Waals surface area (Å²) in [5, 5.41) is 14.2. The Morgan fingerprint density at radius 3 is 2.35 bits per heavy atom. The fourth-order valence-corrected chi connectivity index (χ4v) is 3.50. The third kappa shape index (κ3) is 2.64. The topological polar surface area (TPSA) is 46.3 Å². The van der Waals surface area contributed by atoms with Crippen LogP contribution >= 0.6 is 23.2 Å². The van der Waals surface area contributed by atoms with Crippen LogP contribution in [0.15, 0.2) is 30.3 Å². The molecule has 3 aromatic rings. The molecule has 3 heterocycles. The van der Waals surface area contributed by atoms with Gasteiger partial charge in [-0.05, 0) is 43.5 Å². The molecule has 0 amide bonds. The first-order valence-corrected chi connectivity index (χ1v) is 8.41. The summed E-state index contributed by atoms with van der Waals surface area (Å²) < 4.78 is 1.72. The number of anilines is 1. The van der Waals surface area contributed by atoms with Crippen molar-refractivity contribution in [3.05, 3.63) is 40.4 Å². The lowest BCUT2D eigenvalue weighted by atomic mass is 10.1. The third-order valence-corrected chi connectivity index (χ3v) is 4.75. The van der Waals surface area contributed by atoms with Crippen LogP contribution in [0.3, 0.4) is 0 Å². The van der Waals surface area contributed by atoms with Gasteiger partial charge in [0, 0.05) is 13.1 Å². The van der Waals surface area contributed by atoms with Crippen molar-refractivity contribution in [2.24, 2.45) is 0 Å². The minimum absolute atomic E-state index is 0.539. The number of fused-ring (bicyclic) bond motifs is 1. The lowest BCUT2D eigenvalue weighted by molar-refractivity contribution is 0.570. The van der Waals surface area contributed by atoms with Crippen LogP contribution in [-0.2, 0) is 0 Å². The van der Waals surface area contributed by atoms with Gasteiger partial charge in [0.15, 0.2) is 11.5 Å². The molecule has 4 rings (SSSR count). The normalized spacial score (nSPS) is 15.3. The highest BCUT2D eigenvalue weighted by atomic mass is 35.5. The third-order valence-electron chi connectivity index (χ3n) is 4.12. The quantitative estimate of drug-likeness (QED) is 0.700. The Labute approximate surface area is 143 Å². The molecule has 1 aliphatic rings. The molecule has 23 heavy (non-hydrogen) atoms. The van der Waals surface area contributed by atoms with E-state index < -0.39 is 0 Å². The van der Waals surface area contributed by atoms with Crippen molar-refractivity contribution < 1.29 is 0 Å². The number of aromatic nitrogens is 4. The van der Waals surface area contributed by atoms with Gasteiger partial charge in [-0.25, -0.2) is 0 Å². The van der Waals surface area contributed by atoms with Crippen LogP contribution in [0.25, 0.3) is 17.0 Å². The Morgan fingerprint density at radius 2 is 1.61 bits per heavy atom. The van der Waals surface area contributed by atoms with Crippen molar-refractivity contribution in [2.45, 2.75) is 19.3 Å². The Balaban J connectivity index is 1.85. The largest absolute Gasteiger partial charge is 0.355 e. The van der Waals surface area contributed by atoms with Crippen molar-refractivity contribution >= 4 is 34.7 Å². The summed E-state index contributed by atoms with van der Waals surface area (Å²) in [4.78, 5) is 2.29. The highest BCUT2D eigenvalue weighted by Crippen LogP contribution is 2.33.